The van der Waals surface area contributed by atoms with Crippen LogP contribution in [-0.4, -0.2) is 29.0 Å². The van der Waals surface area contributed by atoms with Crippen molar-refractivity contribution in [3.05, 3.63) is 52.2 Å². The van der Waals surface area contributed by atoms with E-state index in [1.807, 2.05) is 0 Å². The van der Waals surface area contributed by atoms with Crippen molar-refractivity contribution in [2.75, 3.05) is 0 Å². The fourth-order valence-electron chi connectivity index (χ4n) is 3.37. The zero-order chi connectivity index (χ0) is 27.3. The Morgan fingerprint density at radius 2 is 1.43 bits per heavy atom. The Bertz CT molecular complexity index is 1430. The molecular formula is C27H26O10. The summed E-state index contributed by atoms with van der Waals surface area (Å²) >= 11 is 0. The van der Waals surface area contributed by atoms with Crippen molar-refractivity contribution in [2.24, 2.45) is 0 Å². The van der Waals surface area contributed by atoms with E-state index in [0.717, 1.165) is 0 Å². The van der Waals surface area contributed by atoms with Crippen LogP contribution in [0.4, 0.5) is 0 Å². The first-order valence-electron chi connectivity index (χ1n) is 11.7. The molecule has 3 rings (SSSR count). The molecule has 2 aromatic carbocycles. The minimum atomic E-state index is -1.11. The summed E-state index contributed by atoms with van der Waals surface area (Å²) in [5.74, 6) is -3.82. The second kappa shape index (κ2) is 11.5. The predicted molar refractivity (Wildman–Crippen MR) is 132 cm³/mol. The van der Waals surface area contributed by atoms with E-state index in [1.54, 1.807) is 20.8 Å². The van der Waals surface area contributed by atoms with Gasteiger partial charge in [-0.25, -0.2) is 0 Å². The number of benzene rings is 2. The van der Waals surface area contributed by atoms with Gasteiger partial charge in [-0.1, -0.05) is 32.9 Å². The molecule has 0 fully saturated rings. The molecule has 1 unspecified atom stereocenters. The summed E-state index contributed by atoms with van der Waals surface area (Å²) in [6, 6.07) is 8.18. The fraction of sp³-hybridized carbons (Fsp3) is 0.296. The highest BCUT2D eigenvalue weighted by Crippen LogP contribution is 2.35. The first-order valence-corrected chi connectivity index (χ1v) is 11.7. The van der Waals surface area contributed by atoms with Crippen LogP contribution in [0.2, 0.25) is 0 Å². The van der Waals surface area contributed by atoms with Crippen LogP contribution in [0.1, 0.15) is 58.4 Å². The molecule has 10 heteroatoms. The summed E-state index contributed by atoms with van der Waals surface area (Å²) in [6.45, 7) is 6.25. The Morgan fingerprint density at radius 1 is 0.838 bits per heavy atom. The van der Waals surface area contributed by atoms with Gasteiger partial charge in [-0.3, -0.25) is 24.0 Å². The third-order valence-corrected chi connectivity index (χ3v) is 5.45. The Morgan fingerprint density at radius 3 is 2.03 bits per heavy atom. The van der Waals surface area contributed by atoms with Crippen LogP contribution >= 0.6 is 0 Å². The van der Waals surface area contributed by atoms with Gasteiger partial charge in [0.15, 0.2) is 5.43 Å². The smallest absolute Gasteiger partial charge is 0.310 e. The molecule has 1 aromatic heterocycles. The molecular weight excluding hydrogens is 484 g/mol. The van der Waals surface area contributed by atoms with Gasteiger partial charge in [-0.2, -0.15) is 0 Å². The van der Waals surface area contributed by atoms with Crippen LogP contribution < -0.4 is 19.6 Å². The molecule has 1 heterocycles. The van der Waals surface area contributed by atoms with E-state index in [2.05, 4.69) is 0 Å². The molecule has 3 aromatic rings. The Balaban J connectivity index is 2.21. The van der Waals surface area contributed by atoms with Crippen molar-refractivity contribution in [3.8, 4) is 28.6 Å². The van der Waals surface area contributed by atoms with Gasteiger partial charge in [0.25, 0.3) is 0 Å². The molecule has 37 heavy (non-hydrogen) atoms. The highest BCUT2D eigenvalue weighted by Gasteiger charge is 2.22. The molecule has 0 radical (unpaired) electrons. The van der Waals surface area contributed by atoms with Crippen molar-refractivity contribution < 1.29 is 42.9 Å². The van der Waals surface area contributed by atoms with E-state index < -0.39 is 35.2 Å². The summed E-state index contributed by atoms with van der Waals surface area (Å²) in [4.78, 5) is 60.4. The number of aliphatic carboxylic acids is 1. The lowest BCUT2D eigenvalue weighted by atomic mass is 9.97. The Labute approximate surface area is 211 Å². The van der Waals surface area contributed by atoms with Crippen LogP contribution in [-0.2, 0) is 19.2 Å². The average Bonchev–Trinajstić information content (AvgIpc) is 2.87. The number of esters is 3. The number of carboxylic acid groups (broad SMARTS) is 1. The monoisotopic (exact) mass is 510 g/mol. The molecule has 0 aliphatic rings. The number of carbonyl (C=O) groups excluding carboxylic acids is 3. The maximum atomic E-state index is 13.1. The van der Waals surface area contributed by atoms with Gasteiger partial charge in [-0.15, -0.1) is 0 Å². The lowest BCUT2D eigenvalue weighted by Crippen LogP contribution is -2.13. The molecule has 0 saturated heterocycles. The van der Waals surface area contributed by atoms with Gasteiger partial charge in [-0.05, 0) is 13.0 Å². The predicted octanol–water partition coefficient (Wildman–Crippen LogP) is 4.59. The van der Waals surface area contributed by atoms with Crippen molar-refractivity contribution in [1.29, 1.82) is 0 Å². The summed E-state index contributed by atoms with van der Waals surface area (Å²) in [5.41, 5.74) is 0.0301. The normalized spacial score (nSPS) is 11.6. The zero-order valence-electron chi connectivity index (χ0n) is 20.8. The SMILES string of the molecule is CCC(=O)Oc1cc(OC(=O)CC)c2c(=O)cc(-c3ccc(C(C)C(=O)O)c(OC(=O)CC)c3)oc2c1. The first kappa shape index (κ1) is 27.1. The molecule has 0 spiro atoms. The highest BCUT2D eigenvalue weighted by molar-refractivity contribution is 5.90. The Kier molecular flexibility index (Phi) is 8.44. The van der Waals surface area contributed by atoms with Crippen molar-refractivity contribution in [2.45, 2.75) is 52.9 Å². The molecule has 0 bridgehead atoms. The third-order valence-electron chi connectivity index (χ3n) is 5.45. The van der Waals surface area contributed by atoms with Crippen LogP contribution in [0.25, 0.3) is 22.3 Å². The first-order chi connectivity index (χ1) is 17.6. The van der Waals surface area contributed by atoms with Gasteiger partial charge in [0.2, 0.25) is 0 Å². The highest BCUT2D eigenvalue weighted by atomic mass is 16.5. The molecule has 0 aliphatic heterocycles. The number of rotatable bonds is 9. The fourth-order valence-corrected chi connectivity index (χ4v) is 3.37. The second-order valence-corrected chi connectivity index (χ2v) is 8.06. The number of hydrogen-bond donors (Lipinski definition) is 1. The molecule has 10 nitrogen and oxygen atoms in total. The summed E-state index contributed by atoms with van der Waals surface area (Å²) < 4.78 is 21.8. The quantitative estimate of drug-likeness (QED) is 0.320. The van der Waals surface area contributed by atoms with Crippen LogP contribution in [0.15, 0.2) is 45.6 Å². The third kappa shape index (κ3) is 6.21. The van der Waals surface area contributed by atoms with E-state index in [0.29, 0.717) is 5.56 Å². The number of fused-ring (bicyclic) bond motifs is 1. The van der Waals surface area contributed by atoms with Crippen molar-refractivity contribution in [1.82, 2.24) is 0 Å². The summed E-state index contributed by atoms with van der Waals surface area (Å²) in [5, 5.41) is 9.40. The molecule has 1 atom stereocenters. The van der Waals surface area contributed by atoms with E-state index >= 15 is 0 Å². The summed E-state index contributed by atoms with van der Waals surface area (Å²) in [7, 11) is 0. The lowest BCUT2D eigenvalue weighted by Gasteiger charge is -2.15. The molecule has 1 N–H and O–H groups in total. The number of carbonyl (C=O) groups is 4. The van der Waals surface area contributed by atoms with Gasteiger partial charge in [0.05, 0.1) is 5.92 Å². The largest absolute Gasteiger partial charge is 0.481 e. The molecule has 0 aliphatic carbocycles. The van der Waals surface area contributed by atoms with E-state index in [1.165, 1.54) is 43.3 Å². The van der Waals surface area contributed by atoms with Gasteiger partial charge in [0, 0.05) is 48.6 Å². The number of hydrogen-bond acceptors (Lipinski definition) is 9. The molecule has 0 saturated carbocycles. The Hall–Kier alpha value is -4.47. The van der Waals surface area contributed by atoms with Crippen LogP contribution in [0, 0.1) is 0 Å². The van der Waals surface area contributed by atoms with Crippen molar-refractivity contribution in [3.63, 3.8) is 0 Å². The van der Waals surface area contributed by atoms with Crippen molar-refractivity contribution >= 4 is 34.8 Å². The van der Waals surface area contributed by atoms with Gasteiger partial charge in [0.1, 0.15) is 34.0 Å². The average molecular weight is 510 g/mol. The van der Waals surface area contributed by atoms with Gasteiger partial charge >= 0.3 is 23.9 Å². The number of carboxylic acids is 1. The minimum absolute atomic E-state index is 0.0155. The molecule has 194 valence electrons. The molecule has 0 amide bonds. The maximum Gasteiger partial charge on any atom is 0.310 e. The summed E-state index contributed by atoms with van der Waals surface area (Å²) in [6.07, 6.45) is 0.200. The zero-order valence-corrected chi connectivity index (χ0v) is 20.8. The van der Waals surface area contributed by atoms with E-state index in [9.17, 15) is 29.1 Å². The van der Waals surface area contributed by atoms with E-state index in [-0.39, 0.29) is 58.8 Å². The minimum Gasteiger partial charge on any atom is -0.481 e. The lowest BCUT2D eigenvalue weighted by molar-refractivity contribution is -0.139. The second-order valence-electron chi connectivity index (χ2n) is 8.06. The van der Waals surface area contributed by atoms with Gasteiger partial charge < -0.3 is 23.7 Å². The standard InChI is InChI=1S/C27H26O10/c1-5-23(29)34-16-11-21-26(22(12-16)37-25(31)7-3)18(28)13-19(35-21)15-8-9-17(14(4)27(32)33)20(10-15)36-24(30)6-2/h8-14H,5-7H2,1-4H3,(H,32,33). The van der Waals surface area contributed by atoms with Crippen LogP contribution in [0.3, 0.4) is 0 Å². The van der Waals surface area contributed by atoms with Crippen LogP contribution in [0.5, 0.6) is 17.2 Å². The number of ether oxygens (including phenoxy) is 3. The maximum absolute atomic E-state index is 13.1. The van der Waals surface area contributed by atoms with E-state index in [4.69, 9.17) is 18.6 Å². The topological polar surface area (TPSA) is 146 Å².